The van der Waals surface area contributed by atoms with Crippen LogP contribution in [0.25, 0.3) is 0 Å². The van der Waals surface area contributed by atoms with Crippen molar-refractivity contribution in [2.45, 2.75) is 12.5 Å². The summed E-state index contributed by atoms with van der Waals surface area (Å²) in [6.45, 7) is 5.72. The third kappa shape index (κ3) is 2.54. The summed E-state index contributed by atoms with van der Waals surface area (Å²) >= 11 is 0. The van der Waals surface area contributed by atoms with Gasteiger partial charge < -0.3 is 14.9 Å². The summed E-state index contributed by atoms with van der Waals surface area (Å²) in [6, 6.07) is 17.3. The van der Waals surface area contributed by atoms with E-state index in [9.17, 15) is 15.0 Å². The molecular formula is C27H21NO4. The Balaban J connectivity index is 1.97. The molecule has 158 valence electrons. The molecule has 0 bridgehead atoms. The van der Waals surface area contributed by atoms with Gasteiger partial charge in [-0.05, 0) is 49.4 Å². The molecule has 0 unspecified atom stereocenters. The largest absolute Gasteiger partial charge is 0.508 e. The van der Waals surface area contributed by atoms with Crippen LogP contribution in [0, 0.1) is 0 Å². The second kappa shape index (κ2) is 7.17. The van der Waals surface area contributed by atoms with Gasteiger partial charge in [0.15, 0.2) is 0 Å². The maximum absolute atomic E-state index is 13.9. The number of fused-ring (bicyclic) bond motifs is 6. The molecule has 3 aromatic carbocycles. The van der Waals surface area contributed by atoms with Crippen LogP contribution < -0.4 is 4.74 Å². The summed E-state index contributed by atoms with van der Waals surface area (Å²) in [5, 5.41) is 20.3. The predicted octanol–water partition coefficient (Wildman–Crippen LogP) is 5.60. The van der Waals surface area contributed by atoms with Crippen LogP contribution in [-0.2, 0) is 5.54 Å². The minimum atomic E-state index is -1.06. The van der Waals surface area contributed by atoms with Gasteiger partial charge >= 0.3 is 0 Å². The molecule has 2 N–H and O–H groups in total. The molecule has 2 aliphatic heterocycles. The predicted molar refractivity (Wildman–Crippen MR) is 122 cm³/mol. The van der Waals surface area contributed by atoms with Gasteiger partial charge in [-0.15, -0.1) is 0 Å². The fourth-order valence-electron chi connectivity index (χ4n) is 4.77. The van der Waals surface area contributed by atoms with Crippen molar-refractivity contribution in [1.82, 2.24) is 4.90 Å². The molecule has 5 nitrogen and oxygen atoms in total. The third-order valence-corrected chi connectivity index (χ3v) is 5.90. The molecule has 0 aromatic heterocycles. The SMILES string of the molecule is C=C/C=C(\C=C/C)N1C(=O)c2ccccc2C12c1ccc(O)cc1Oc1cc(O)ccc12. The summed E-state index contributed by atoms with van der Waals surface area (Å²) < 4.78 is 6.11. The van der Waals surface area contributed by atoms with E-state index in [0.717, 1.165) is 5.56 Å². The van der Waals surface area contributed by atoms with Crippen molar-refractivity contribution in [1.29, 1.82) is 0 Å². The van der Waals surface area contributed by atoms with Crippen molar-refractivity contribution >= 4 is 5.91 Å². The van der Waals surface area contributed by atoms with Crippen molar-refractivity contribution in [3.05, 3.63) is 119 Å². The zero-order valence-electron chi connectivity index (χ0n) is 17.4. The number of hydrogen-bond acceptors (Lipinski definition) is 4. The van der Waals surface area contributed by atoms with Gasteiger partial charge in [0.25, 0.3) is 5.91 Å². The first-order valence-corrected chi connectivity index (χ1v) is 10.3. The maximum Gasteiger partial charge on any atom is 0.260 e. The number of rotatable bonds is 3. The fraction of sp³-hybridized carbons (Fsp3) is 0.0741. The van der Waals surface area contributed by atoms with Gasteiger partial charge in [0.2, 0.25) is 0 Å². The van der Waals surface area contributed by atoms with Crippen LogP contribution in [0.1, 0.15) is 34.0 Å². The van der Waals surface area contributed by atoms with Crippen molar-refractivity contribution in [3.63, 3.8) is 0 Å². The number of phenolic OH excluding ortho intramolecular Hbond substituents is 2. The van der Waals surface area contributed by atoms with Gasteiger partial charge in [-0.25, -0.2) is 0 Å². The lowest BCUT2D eigenvalue weighted by molar-refractivity contribution is 0.0751. The minimum absolute atomic E-state index is 0.0435. The molecule has 3 aromatic rings. The maximum atomic E-state index is 13.9. The van der Waals surface area contributed by atoms with Gasteiger partial charge in [0.1, 0.15) is 28.5 Å². The first kappa shape index (κ1) is 19.7. The normalized spacial score (nSPS) is 16.0. The third-order valence-electron chi connectivity index (χ3n) is 5.90. The van der Waals surface area contributed by atoms with E-state index in [2.05, 4.69) is 6.58 Å². The smallest absolute Gasteiger partial charge is 0.260 e. The highest BCUT2D eigenvalue weighted by Crippen LogP contribution is 2.59. The van der Waals surface area contributed by atoms with Crippen LogP contribution in [0.5, 0.6) is 23.0 Å². The fourth-order valence-corrected chi connectivity index (χ4v) is 4.77. The van der Waals surface area contributed by atoms with Gasteiger partial charge in [0.05, 0.1) is 0 Å². The van der Waals surface area contributed by atoms with Gasteiger partial charge in [-0.1, -0.05) is 36.9 Å². The van der Waals surface area contributed by atoms with Crippen LogP contribution in [0.2, 0.25) is 0 Å². The van der Waals surface area contributed by atoms with Crippen molar-refractivity contribution in [2.24, 2.45) is 0 Å². The number of carbonyl (C=O) groups is 1. The topological polar surface area (TPSA) is 70.0 Å². The quantitative estimate of drug-likeness (QED) is 0.538. The Labute approximate surface area is 185 Å². The summed E-state index contributed by atoms with van der Waals surface area (Å²) in [5.74, 6) is 0.753. The molecule has 0 aliphatic carbocycles. The number of ether oxygens (including phenoxy) is 1. The van der Waals surface area contributed by atoms with E-state index >= 15 is 0 Å². The van der Waals surface area contributed by atoms with E-state index in [4.69, 9.17) is 4.74 Å². The Bertz CT molecular complexity index is 1280. The molecule has 0 radical (unpaired) electrons. The van der Waals surface area contributed by atoms with E-state index in [1.54, 1.807) is 41.3 Å². The molecule has 5 rings (SSSR count). The van der Waals surface area contributed by atoms with E-state index < -0.39 is 5.54 Å². The van der Waals surface area contributed by atoms with Crippen LogP contribution >= 0.6 is 0 Å². The Kier molecular flexibility index (Phi) is 4.41. The lowest BCUT2D eigenvalue weighted by Crippen LogP contribution is -2.46. The van der Waals surface area contributed by atoms with Crippen LogP contribution in [0.15, 0.2) is 97.2 Å². The van der Waals surface area contributed by atoms with Gasteiger partial charge in [-0.3, -0.25) is 9.69 Å². The average molecular weight is 423 g/mol. The molecule has 5 heteroatoms. The molecule has 2 heterocycles. The Morgan fingerprint density at radius 1 is 0.969 bits per heavy atom. The summed E-state index contributed by atoms with van der Waals surface area (Å²) in [6.07, 6.45) is 7.17. The van der Waals surface area contributed by atoms with Gasteiger partial charge in [0, 0.05) is 40.1 Å². The Hall–Kier alpha value is -4.25. The highest BCUT2D eigenvalue weighted by molar-refractivity contribution is 6.03. The highest BCUT2D eigenvalue weighted by atomic mass is 16.5. The minimum Gasteiger partial charge on any atom is -0.508 e. The number of nitrogens with zero attached hydrogens (tertiary/aromatic N) is 1. The molecule has 1 spiro atoms. The van der Waals surface area contributed by atoms with E-state index in [1.807, 2.05) is 43.3 Å². The first-order chi connectivity index (χ1) is 15.5. The number of amides is 1. The first-order valence-electron chi connectivity index (χ1n) is 10.3. The van der Waals surface area contributed by atoms with E-state index in [0.29, 0.717) is 33.9 Å². The number of benzene rings is 3. The highest BCUT2D eigenvalue weighted by Gasteiger charge is 2.57. The summed E-state index contributed by atoms with van der Waals surface area (Å²) in [4.78, 5) is 15.6. The molecule has 1 amide bonds. The molecule has 32 heavy (non-hydrogen) atoms. The van der Waals surface area contributed by atoms with Crippen molar-refractivity contribution in [2.75, 3.05) is 0 Å². The summed E-state index contributed by atoms with van der Waals surface area (Å²) in [7, 11) is 0. The summed E-state index contributed by atoms with van der Waals surface area (Å²) in [5.41, 5.74) is 2.39. The average Bonchev–Trinajstić information content (AvgIpc) is 3.03. The van der Waals surface area contributed by atoms with Gasteiger partial charge in [-0.2, -0.15) is 0 Å². The molecule has 2 aliphatic rings. The monoisotopic (exact) mass is 423 g/mol. The lowest BCUT2D eigenvalue weighted by Gasteiger charge is -2.44. The molecule has 0 atom stereocenters. The molecule has 0 saturated carbocycles. The second-order valence-corrected chi connectivity index (χ2v) is 7.69. The number of phenols is 2. The number of hydrogen-bond donors (Lipinski definition) is 2. The Morgan fingerprint density at radius 3 is 2.19 bits per heavy atom. The number of carbonyl (C=O) groups excluding carboxylic acids is 1. The molecule has 0 saturated heterocycles. The van der Waals surface area contributed by atoms with Crippen LogP contribution in [0.3, 0.4) is 0 Å². The zero-order chi connectivity index (χ0) is 22.5. The lowest BCUT2D eigenvalue weighted by atomic mass is 9.74. The number of aromatic hydroxyl groups is 2. The van der Waals surface area contributed by atoms with E-state index in [-0.39, 0.29) is 17.4 Å². The standard InChI is InChI=1S/C27H21NO4/c1-3-7-17(8-4-2)28-26(31)20-9-5-6-10-21(20)27(28)22-13-11-18(29)15-24(22)32-25-16-19(30)12-14-23(25)27/h3-16,29-30H,1H2,2H3/b8-4-,17-7+. The van der Waals surface area contributed by atoms with Crippen LogP contribution in [-0.4, -0.2) is 21.0 Å². The Morgan fingerprint density at radius 2 is 1.59 bits per heavy atom. The molecule has 0 fully saturated rings. The number of allylic oxidation sites excluding steroid dienone is 4. The van der Waals surface area contributed by atoms with Crippen molar-refractivity contribution < 1.29 is 19.7 Å². The molecular weight excluding hydrogens is 402 g/mol. The zero-order valence-corrected chi connectivity index (χ0v) is 17.4. The van der Waals surface area contributed by atoms with Crippen LogP contribution in [0.4, 0.5) is 0 Å². The second-order valence-electron chi connectivity index (χ2n) is 7.69. The van der Waals surface area contributed by atoms with Crippen molar-refractivity contribution in [3.8, 4) is 23.0 Å². The van der Waals surface area contributed by atoms with E-state index in [1.165, 1.54) is 12.1 Å².